The monoisotopic (exact) mass is 352 g/mol. The number of hydrogen-bond donors (Lipinski definition) is 2. The van der Waals surface area contributed by atoms with Crippen molar-refractivity contribution in [1.82, 2.24) is 24.9 Å². The first-order valence-corrected chi connectivity index (χ1v) is 8.06. The SMILES string of the molecule is CC(C)Cn1nccc1NC(=O)[C@H]1CNC[C@@H]1c1cnn(C)c1.Cl. The van der Waals surface area contributed by atoms with Crippen molar-refractivity contribution < 1.29 is 4.79 Å². The lowest BCUT2D eigenvalue weighted by Crippen LogP contribution is -2.29. The second kappa shape index (κ2) is 7.81. The molecule has 7 nitrogen and oxygen atoms in total. The number of carbonyl (C=O) groups excluding carboxylic acids is 1. The molecule has 0 saturated carbocycles. The van der Waals surface area contributed by atoms with Crippen molar-refractivity contribution in [2.24, 2.45) is 18.9 Å². The number of rotatable bonds is 5. The van der Waals surface area contributed by atoms with Crippen molar-refractivity contribution in [3.63, 3.8) is 0 Å². The van der Waals surface area contributed by atoms with E-state index in [9.17, 15) is 4.79 Å². The van der Waals surface area contributed by atoms with E-state index < -0.39 is 0 Å². The van der Waals surface area contributed by atoms with Crippen LogP contribution in [0.1, 0.15) is 25.3 Å². The average Bonchev–Trinajstić information content (AvgIpc) is 3.19. The quantitative estimate of drug-likeness (QED) is 0.857. The number of nitrogens with zero attached hydrogens (tertiary/aromatic N) is 4. The van der Waals surface area contributed by atoms with Crippen molar-refractivity contribution in [2.75, 3.05) is 18.4 Å². The highest BCUT2D eigenvalue weighted by atomic mass is 35.5. The summed E-state index contributed by atoms with van der Waals surface area (Å²) in [6, 6.07) is 1.85. The Bertz CT molecular complexity index is 680. The van der Waals surface area contributed by atoms with Crippen molar-refractivity contribution >= 4 is 24.1 Å². The number of aromatic nitrogens is 4. The Balaban J connectivity index is 0.00000208. The number of carbonyl (C=O) groups is 1. The molecule has 0 unspecified atom stereocenters. The van der Waals surface area contributed by atoms with Crippen LogP contribution in [0.4, 0.5) is 5.82 Å². The summed E-state index contributed by atoms with van der Waals surface area (Å²) in [6.07, 6.45) is 5.56. The number of halogens is 1. The molecule has 0 bridgehead atoms. The molecule has 0 spiro atoms. The van der Waals surface area contributed by atoms with Gasteiger partial charge in [-0.3, -0.25) is 9.48 Å². The summed E-state index contributed by atoms with van der Waals surface area (Å²) < 4.78 is 3.63. The third-order valence-corrected chi connectivity index (χ3v) is 4.21. The normalized spacial score (nSPS) is 20.2. The Morgan fingerprint density at radius 3 is 2.88 bits per heavy atom. The van der Waals surface area contributed by atoms with Crippen molar-refractivity contribution in [3.05, 3.63) is 30.2 Å². The van der Waals surface area contributed by atoms with E-state index in [2.05, 4.69) is 34.7 Å². The summed E-state index contributed by atoms with van der Waals surface area (Å²) in [6.45, 7) is 6.54. The fraction of sp³-hybridized carbons (Fsp3) is 0.562. The molecule has 2 N–H and O–H groups in total. The number of amides is 1. The first-order chi connectivity index (χ1) is 11.0. The lowest BCUT2D eigenvalue weighted by molar-refractivity contribution is -0.119. The maximum absolute atomic E-state index is 12.7. The number of nitrogens with one attached hydrogen (secondary N) is 2. The first-order valence-electron chi connectivity index (χ1n) is 8.06. The summed E-state index contributed by atoms with van der Waals surface area (Å²) in [7, 11) is 1.89. The van der Waals surface area contributed by atoms with Crippen LogP contribution in [-0.4, -0.2) is 38.6 Å². The fourth-order valence-corrected chi connectivity index (χ4v) is 3.09. The molecular weight excluding hydrogens is 328 g/mol. The Labute approximate surface area is 148 Å². The highest BCUT2D eigenvalue weighted by Crippen LogP contribution is 2.28. The molecule has 24 heavy (non-hydrogen) atoms. The Kier molecular flexibility index (Phi) is 6.01. The van der Waals surface area contributed by atoms with Gasteiger partial charge in [-0.25, -0.2) is 4.68 Å². The Morgan fingerprint density at radius 2 is 2.21 bits per heavy atom. The predicted molar refractivity (Wildman–Crippen MR) is 95.3 cm³/mol. The molecule has 1 saturated heterocycles. The second-order valence-corrected chi connectivity index (χ2v) is 6.60. The summed E-state index contributed by atoms with van der Waals surface area (Å²) in [4.78, 5) is 12.7. The maximum atomic E-state index is 12.7. The smallest absolute Gasteiger partial charge is 0.230 e. The van der Waals surface area contributed by atoms with Gasteiger partial charge in [0.2, 0.25) is 5.91 Å². The molecule has 2 atom stereocenters. The van der Waals surface area contributed by atoms with Crippen LogP contribution in [0.5, 0.6) is 0 Å². The van der Waals surface area contributed by atoms with Gasteiger partial charge in [-0.05, 0) is 11.5 Å². The van der Waals surface area contributed by atoms with Crippen molar-refractivity contribution in [2.45, 2.75) is 26.3 Å². The summed E-state index contributed by atoms with van der Waals surface area (Å²) >= 11 is 0. The van der Waals surface area contributed by atoms with Gasteiger partial charge in [0.15, 0.2) is 0 Å². The van der Waals surface area contributed by atoms with E-state index in [0.717, 1.165) is 24.5 Å². The van der Waals surface area contributed by atoms with Crippen LogP contribution in [0.25, 0.3) is 0 Å². The molecule has 1 fully saturated rings. The molecule has 0 radical (unpaired) electrons. The summed E-state index contributed by atoms with van der Waals surface area (Å²) in [5, 5.41) is 14.9. The zero-order valence-electron chi connectivity index (χ0n) is 14.3. The topological polar surface area (TPSA) is 76.8 Å². The van der Waals surface area contributed by atoms with Crippen LogP contribution >= 0.6 is 12.4 Å². The van der Waals surface area contributed by atoms with E-state index >= 15 is 0 Å². The van der Waals surface area contributed by atoms with Gasteiger partial charge in [-0.2, -0.15) is 10.2 Å². The Morgan fingerprint density at radius 1 is 1.42 bits per heavy atom. The van der Waals surface area contributed by atoms with Crippen LogP contribution in [0, 0.1) is 11.8 Å². The number of aryl methyl sites for hydroxylation is 1. The lowest BCUT2D eigenvalue weighted by Gasteiger charge is -2.18. The van der Waals surface area contributed by atoms with Gasteiger partial charge < -0.3 is 10.6 Å². The molecule has 1 amide bonds. The zero-order valence-corrected chi connectivity index (χ0v) is 15.1. The zero-order chi connectivity index (χ0) is 16.4. The van der Waals surface area contributed by atoms with E-state index in [1.54, 1.807) is 10.9 Å². The third-order valence-electron chi connectivity index (χ3n) is 4.21. The largest absolute Gasteiger partial charge is 0.315 e. The molecule has 3 heterocycles. The summed E-state index contributed by atoms with van der Waals surface area (Å²) in [5.41, 5.74) is 1.10. The van der Waals surface area contributed by atoms with Crippen LogP contribution < -0.4 is 10.6 Å². The van der Waals surface area contributed by atoms with Gasteiger partial charge in [0.1, 0.15) is 5.82 Å². The van der Waals surface area contributed by atoms with Gasteiger partial charge in [0.25, 0.3) is 0 Å². The second-order valence-electron chi connectivity index (χ2n) is 6.60. The Hall–Kier alpha value is -1.86. The van der Waals surface area contributed by atoms with E-state index in [0.29, 0.717) is 12.5 Å². The number of hydrogen-bond acceptors (Lipinski definition) is 4. The van der Waals surface area contributed by atoms with E-state index in [1.807, 2.05) is 30.2 Å². The van der Waals surface area contributed by atoms with Gasteiger partial charge >= 0.3 is 0 Å². The fourth-order valence-electron chi connectivity index (χ4n) is 3.09. The molecule has 2 aromatic rings. The first kappa shape index (κ1) is 18.5. The van der Waals surface area contributed by atoms with Crippen LogP contribution in [0.15, 0.2) is 24.7 Å². The highest BCUT2D eigenvalue weighted by molar-refractivity contribution is 5.92. The molecule has 132 valence electrons. The maximum Gasteiger partial charge on any atom is 0.230 e. The molecule has 3 rings (SSSR count). The van der Waals surface area contributed by atoms with E-state index in [4.69, 9.17) is 0 Å². The molecule has 1 aliphatic heterocycles. The molecule has 8 heteroatoms. The molecule has 2 aromatic heterocycles. The average molecular weight is 353 g/mol. The van der Waals surface area contributed by atoms with Crippen molar-refractivity contribution in [3.8, 4) is 0 Å². The minimum absolute atomic E-state index is 0. The molecular formula is C16H25ClN6O. The highest BCUT2D eigenvalue weighted by Gasteiger charge is 2.35. The van der Waals surface area contributed by atoms with Crippen LogP contribution in [-0.2, 0) is 18.4 Å². The van der Waals surface area contributed by atoms with Gasteiger partial charge in [0.05, 0.1) is 18.3 Å². The van der Waals surface area contributed by atoms with Gasteiger partial charge in [-0.15, -0.1) is 12.4 Å². The standard InChI is InChI=1S/C16H24N6O.ClH/c1-11(2)9-22-15(4-5-18-22)20-16(23)14-8-17-7-13(14)12-6-19-21(3)10-12;/h4-6,10-11,13-14,17H,7-9H2,1-3H3,(H,20,23);1H/t13-,14+;/m1./s1. The molecule has 1 aliphatic rings. The lowest BCUT2D eigenvalue weighted by atomic mass is 9.90. The van der Waals surface area contributed by atoms with Gasteiger partial charge in [-0.1, -0.05) is 13.8 Å². The van der Waals surface area contributed by atoms with E-state index in [-0.39, 0.29) is 30.2 Å². The molecule has 0 aliphatic carbocycles. The minimum atomic E-state index is -0.0957. The van der Waals surface area contributed by atoms with Crippen LogP contribution in [0.2, 0.25) is 0 Å². The van der Waals surface area contributed by atoms with Crippen LogP contribution in [0.3, 0.4) is 0 Å². The molecule has 0 aromatic carbocycles. The third kappa shape index (κ3) is 3.96. The number of anilines is 1. The van der Waals surface area contributed by atoms with Gasteiger partial charge in [0, 0.05) is 44.9 Å². The minimum Gasteiger partial charge on any atom is -0.315 e. The summed E-state index contributed by atoms with van der Waals surface area (Å²) in [5.74, 6) is 1.34. The van der Waals surface area contributed by atoms with Crippen molar-refractivity contribution in [1.29, 1.82) is 0 Å². The predicted octanol–water partition coefficient (Wildman–Crippen LogP) is 1.64. The van der Waals surface area contributed by atoms with E-state index in [1.165, 1.54) is 0 Å².